The highest BCUT2D eigenvalue weighted by Crippen LogP contribution is 2.24. The van der Waals surface area contributed by atoms with Gasteiger partial charge in [0, 0.05) is 24.5 Å². The van der Waals surface area contributed by atoms with Crippen LogP contribution in [0.4, 0.5) is 5.69 Å². The summed E-state index contributed by atoms with van der Waals surface area (Å²) in [5.41, 5.74) is 7.46. The molecule has 1 aromatic carbocycles. The quantitative estimate of drug-likeness (QED) is 0.666. The predicted octanol–water partition coefficient (Wildman–Crippen LogP) is 2.07. The van der Waals surface area contributed by atoms with E-state index in [0.29, 0.717) is 17.9 Å². The highest BCUT2D eigenvalue weighted by atomic mass is 16.5. The summed E-state index contributed by atoms with van der Waals surface area (Å²) in [6.45, 7) is 0.278. The fourth-order valence-electron chi connectivity index (χ4n) is 1.82. The SMILES string of the molecule is COc1cccc(N)c1C(=O)OCCc1ccncc1. The Labute approximate surface area is 117 Å². The number of methoxy groups -OCH3 is 1. The first-order valence-corrected chi connectivity index (χ1v) is 6.21. The van der Waals surface area contributed by atoms with E-state index in [9.17, 15) is 4.79 Å². The summed E-state index contributed by atoms with van der Waals surface area (Å²) in [4.78, 5) is 16.0. The van der Waals surface area contributed by atoms with E-state index in [0.717, 1.165) is 5.56 Å². The zero-order valence-corrected chi connectivity index (χ0v) is 11.2. The number of nitrogens with two attached hydrogens (primary N) is 1. The minimum Gasteiger partial charge on any atom is -0.496 e. The maximum Gasteiger partial charge on any atom is 0.344 e. The van der Waals surface area contributed by atoms with Crippen molar-refractivity contribution in [2.75, 3.05) is 19.5 Å². The van der Waals surface area contributed by atoms with Crippen LogP contribution in [-0.4, -0.2) is 24.7 Å². The third-order valence-corrected chi connectivity index (χ3v) is 2.86. The van der Waals surface area contributed by atoms with Crippen molar-refractivity contribution in [1.29, 1.82) is 0 Å². The second-order valence-electron chi connectivity index (χ2n) is 4.17. The number of hydrogen-bond acceptors (Lipinski definition) is 5. The van der Waals surface area contributed by atoms with E-state index < -0.39 is 5.97 Å². The first-order valence-electron chi connectivity index (χ1n) is 6.21. The molecule has 0 aliphatic heterocycles. The zero-order valence-electron chi connectivity index (χ0n) is 11.2. The number of hydrogen-bond donors (Lipinski definition) is 1. The van der Waals surface area contributed by atoms with Crippen molar-refractivity contribution in [2.45, 2.75) is 6.42 Å². The lowest BCUT2D eigenvalue weighted by atomic mass is 10.1. The molecule has 0 atom stereocenters. The van der Waals surface area contributed by atoms with E-state index >= 15 is 0 Å². The van der Waals surface area contributed by atoms with Crippen LogP contribution >= 0.6 is 0 Å². The third-order valence-electron chi connectivity index (χ3n) is 2.86. The number of anilines is 1. The molecular formula is C15H16N2O3. The molecule has 0 amide bonds. The van der Waals surface area contributed by atoms with Gasteiger partial charge in [0.05, 0.1) is 13.7 Å². The second-order valence-corrected chi connectivity index (χ2v) is 4.17. The molecule has 0 aliphatic carbocycles. The van der Waals surface area contributed by atoms with E-state index in [1.165, 1.54) is 7.11 Å². The van der Waals surface area contributed by atoms with Crippen LogP contribution in [-0.2, 0) is 11.2 Å². The first kappa shape index (κ1) is 13.9. The highest BCUT2D eigenvalue weighted by molar-refractivity contribution is 5.98. The van der Waals surface area contributed by atoms with Crippen molar-refractivity contribution >= 4 is 11.7 Å². The number of benzene rings is 1. The number of nitrogen functional groups attached to an aromatic ring is 1. The van der Waals surface area contributed by atoms with Gasteiger partial charge in [0.1, 0.15) is 11.3 Å². The topological polar surface area (TPSA) is 74.4 Å². The Bertz CT molecular complexity index is 585. The predicted molar refractivity (Wildman–Crippen MR) is 75.6 cm³/mol. The van der Waals surface area contributed by atoms with Gasteiger partial charge in [-0.25, -0.2) is 4.79 Å². The van der Waals surface area contributed by atoms with Crippen molar-refractivity contribution in [3.8, 4) is 5.75 Å². The Morgan fingerprint density at radius 1 is 1.25 bits per heavy atom. The summed E-state index contributed by atoms with van der Waals surface area (Å²) in [6.07, 6.45) is 4.04. The Hall–Kier alpha value is -2.56. The number of carbonyl (C=O) groups excluding carboxylic acids is 1. The molecule has 2 N–H and O–H groups in total. The van der Waals surface area contributed by atoms with Crippen LogP contribution in [0.5, 0.6) is 5.75 Å². The fraction of sp³-hybridized carbons (Fsp3) is 0.200. The summed E-state index contributed by atoms with van der Waals surface area (Å²) >= 11 is 0. The van der Waals surface area contributed by atoms with Crippen LogP contribution in [0.25, 0.3) is 0 Å². The van der Waals surface area contributed by atoms with Crippen molar-refractivity contribution in [3.63, 3.8) is 0 Å². The molecule has 0 unspecified atom stereocenters. The molecule has 104 valence electrons. The summed E-state index contributed by atoms with van der Waals surface area (Å²) in [7, 11) is 1.49. The second kappa shape index (κ2) is 6.56. The number of nitrogens with zero attached hydrogens (tertiary/aromatic N) is 1. The molecular weight excluding hydrogens is 256 g/mol. The third kappa shape index (κ3) is 3.26. The average molecular weight is 272 g/mol. The summed E-state index contributed by atoms with van der Waals surface area (Å²) in [6, 6.07) is 8.80. The van der Waals surface area contributed by atoms with Crippen molar-refractivity contribution in [1.82, 2.24) is 4.98 Å². The Kier molecular flexibility index (Phi) is 4.55. The molecule has 20 heavy (non-hydrogen) atoms. The van der Waals surface area contributed by atoms with Gasteiger partial charge in [-0.05, 0) is 29.8 Å². The van der Waals surface area contributed by atoms with E-state index in [-0.39, 0.29) is 12.2 Å². The number of pyridine rings is 1. The maximum atomic E-state index is 12.0. The number of ether oxygens (including phenoxy) is 2. The number of rotatable bonds is 5. The monoisotopic (exact) mass is 272 g/mol. The lowest BCUT2D eigenvalue weighted by Gasteiger charge is -2.10. The molecule has 1 heterocycles. The van der Waals surface area contributed by atoms with Gasteiger partial charge >= 0.3 is 5.97 Å². The van der Waals surface area contributed by atoms with Crippen LogP contribution in [0.1, 0.15) is 15.9 Å². The van der Waals surface area contributed by atoms with E-state index in [2.05, 4.69) is 4.98 Å². The Morgan fingerprint density at radius 2 is 2.00 bits per heavy atom. The van der Waals surface area contributed by atoms with Crippen molar-refractivity contribution < 1.29 is 14.3 Å². The Balaban J connectivity index is 1.99. The largest absolute Gasteiger partial charge is 0.496 e. The maximum absolute atomic E-state index is 12.0. The van der Waals surface area contributed by atoms with Crippen molar-refractivity contribution in [2.24, 2.45) is 0 Å². The van der Waals surface area contributed by atoms with Gasteiger partial charge in [0.25, 0.3) is 0 Å². The molecule has 0 saturated heterocycles. The highest BCUT2D eigenvalue weighted by Gasteiger charge is 2.16. The van der Waals surface area contributed by atoms with Crippen molar-refractivity contribution in [3.05, 3.63) is 53.9 Å². The van der Waals surface area contributed by atoms with Gasteiger partial charge in [-0.15, -0.1) is 0 Å². The summed E-state index contributed by atoms with van der Waals surface area (Å²) in [5, 5.41) is 0. The van der Waals surface area contributed by atoms with Crippen LogP contribution in [0.3, 0.4) is 0 Å². The zero-order chi connectivity index (χ0) is 14.4. The molecule has 0 saturated carbocycles. The molecule has 2 aromatic rings. The molecule has 0 bridgehead atoms. The average Bonchev–Trinajstić information content (AvgIpc) is 2.47. The molecule has 0 spiro atoms. The van der Waals surface area contributed by atoms with Gasteiger partial charge in [-0.2, -0.15) is 0 Å². The normalized spacial score (nSPS) is 10.1. The molecule has 0 fully saturated rings. The standard InChI is InChI=1S/C15H16N2O3/c1-19-13-4-2-3-12(16)14(13)15(18)20-10-7-11-5-8-17-9-6-11/h2-6,8-9H,7,10,16H2,1H3. The van der Waals surface area contributed by atoms with Gasteiger partial charge in [0.2, 0.25) is 0 Å². The summed E-state index contributed by atoms with van der Waals surface area (Å²) in [5.74, 6) is -0.0621. The minimum atomic E-state index is -0.478. The van der Waals surface area contributed by atoms with Crippen LogP contribution in [0.2, 0.25) is 0 Å². The number of aromatic nitrogens is 1. The van der Waals surface area contributed by atoms with Crippen LogP contribution in [0, 0.1) is 0 Å². The lowest BCUT2D eigenvalue weighted by molar-refractivity contribution is 0.0507. The van der Waals surface area contributed by atoms with E-state index in [4.69, 9.17) is 15.2 Å². The fourth-order valence-corrected chi connectivity index (χ4v) is 1.82. The smallest absolute Gasteiger partial charge is 0.344 e. The molecule has 1 aromatic heterocycles. The van der Waals surface area contributed by atoms with Crippen LogP contribution in [0.15, 0.2) is 42.7 Å². The molecule has 5 nitrogen and oxygen atoms in total. The van der Waals surface area contributed by atoms with Gasteiger partial charge in [0.15, 0.2) is 0 Å². The number of esters is 1. The molecule has 5 heteroatoms. The minimum absolute atomic E-state index is 0.268. The number of carbonyl (C=O) groups is 1. The van der Waals surface area contributed by atoms with Gasteiger partial charge in [-0.1, -0.05) is 6.07 Å². The summed E-state index contributed by atoms with van der Waals surface area (Å²) < 4.78 is 10.4. The van der Waals surface area contributed by atoms with E-state index in [1.807, 2.05) is 12.1 Å². The molecule has 0 radical (unpaired) electrons. The van der Waals surface area contributed by atoms with E-state index in [1.54, 1.807) is 30.6 Å². The van der Waals surface area contributed by atoms with Gasteiger partial charge in [-0.3, -0.25) is 4.98 Å². The Morgan fingerprint density at radius 3 is 2.70 bits per heavy atom. The van der Waals surface area contributed by atoms with Gasteiger partial charge < -0.3 is 15.2 Å². The first-order chi connectivity index (χ1) is 9.72. The van der Waals surface area contributed by atoms with Crippen LogP contribution < -0.4 is 10.5 Å². The molecule has 0 aliphatic rings. The molecule has 2 rings (SSSR count). The lowest BCUT2D eigenvalue weighted by Crippen LogP contribution is -2.12.